The summed E-state index contributed by atoms with van der Waals surface area (Å²) < 4.78 is 38.1. The lowest BCUT2D eigenvalue weighted by atomic mass is 10.1. The molecule has 0 aliphatic carbocycles. The van der Waals surface area contributed by atoms with Gasteiger partial charge in [-0.1, -0.05) is 30.0 Å². The summed E-state index contributed by atoms with van der Waals surface area (Å²) in [6, 6.07) is 9.34. The second-order valence-corrected chi connectivity index (χ2v) is 5.95. The molecule has 5 nitrogen and oxygen atoms in total. The summed E-state index contributed by atoms with van der Waals surface area (Å²) in [5, 5.41) is 11.2. The molecule has 1 heterocycles. The van der Waals surface area contributed by atoms with E-state index < -0.39 is 16.7 Å². The average molecular weight is 353 g/mol. The van der Waals surface area contributed by atoms with Crippen LogP contribution < -0.4 is 0 Å². The van der Waals surface area contributed by atoms with Gasteiger partial charge in [-0.15, -0.1) is 0 Å². The molecule has 24 heavy (non-hydrogen) atoms. The van der Waals surface area contributed by atoms with Crippen molar-refractivity contribution in [3.8, 4) is 0 Å². The number of aromatic amines is 1. The monoisotopic (exact) mass is 353 g/mol. The summed E-state index contributed by atoms with van der Waals surface area (Å²) in [6.45, 7) is 0. The van der Waals surface area contributed by atoms with Crippen LogP contribution in [0.3, 0.4) is 0 Å². The molecule has 3 aromatic rings. The molecule has 2 aromatic carbocycles. The summed E-state index contributed by atoms with van der Waals surface area (Å²) in [6.07, 6.45) is -4.38. The maximum absolute atomic E-state index is 12.7. The molecule has 0 aliphatic rings. The number of nitro benzene ring substituents is 1. The average Bonchev–Trinajstić information content (AvgIpc) is 2.94. The van der Waals surface area contributed by atoms with Gasteiger partial charge in [-0.25, -0.2) is 4.98 Å². The van der Waals surface area contributed by atoms with Gasteiger partial charge in [0.2, 0.25) is 0 Å². The topological polar surface area (TPSA) is 71.8 Å². The molecule has 0 radical (unpaired) electrons. The minimum Gasteiger partial charge on any atom is -0.333 e. The van der Waals surface area contributed by atoms with E-state index in [9.17, 15) is 23.3 Å². The Morgan fingerprint density at radius 3 is 2.71 bits per heavy atom. The van der Waals surface area contributed by atoms with Crippen LogP contribution in [0.1, 0.15) is 11.1 Å². The Bertz CT molecular complexity index is 908. The third-order valence-corrected chi connectivity index (χ3v) is 4.23. The van der Waals surface area contributed by atoms with Crippen LogP contribution in [0.5, 0.6) is 0 Å². The van der Waals surface area contributed by atoms with E-state index in [1.165, 1.54) is 36.0 Å². The van der Waals surface area contributed by atoms with Crippen molar-refractivity contribution in [1.82, 2.24) is 9.97 Å². The fourth-order valence-electron chi connectivity index (χ4n) is 2.15. The van der Waals surface area contributed by atoms with Crippen molar-refractivity contribution in [3.05, 3.63) is 63.7 Å². The number of hydrogen-bond donors (Lipinski definition) is 1. The molecule has 0 saturated carbocycles. The smallest absolute Gasteiger partial charge is 0.333 e. The first-order chi connectivity index (χ1) is 11.3. The van der Waals surface area contributed by atoms with E-state index in [1.54, 1.807) is 6.07 Å². The van der Waals surface area contributed by atoms with Crippen LogP contribution in [0.4, 0.5) is 18.9 Å². The number of nitrogens with one attached hydrogen (secondary N) is 1. The van der Waals surface area contributed by atoms with E-state index in [-0.39, 0.29) is 5.69 Å². The van der Waals surface area contributed by atoms with Gasteiger partial charge in [0.1, 0.15) is 0 Å². The number of halogens is 3. The first-order valence-electron chi connectivity index (χ1n) is 6.76. The van der Waals surface area contributed by atoms with Crippen LogP contribution >= 0.6 is 11.8 Å². The minimum atomic E-state index is -4.38. The van der Waals surface area contributed by atoms with Crippen molar-refractivity contribution >= 4 is 28.5 Å². The van der Waals surface area contributed by atoms with Crippen LogP contribution in [0.15, 0.2) is 47.6 Å². The minimum absolute atomic E-state index is 0.0550. The molecule has 9 heteroatoms. The van der Waals surface area contributed by atoms with Crippen molar-refractivity contribution in [2.24, 2.45) is 0 Å². The molecule has 0 saturated heterocycles. The largest absolute Gasteiger partial charge is 0.416 e. The van der Waals surface area contributed by atoms with Gasteiger partial charge in [-0.3, -0.25) is 10.1 Å². The van der Waals surface area contributed by atoms with E-state index >= 15 is 0 Å². The summed E-state index contributed by atoms with van der Waals surface area (Å²) in [5.74, 6) is 0.297. The zero-order valence-corrected chi connectivity index (χ0v) is 12.8. The standard InChI is InChI=1S/C15H10F3N3O2S/c16-15(17,18)10-3-1-2-9(6-10)8-24-14-19-12-5-4-11(21(22)23)7-13(12)20-14/h1-7H,8H2,(H,19,20). The highest BCUT2D eigenvalue weighted by molar-refractivity contribution is 7.98. The Morgan fingerprint density at radius 1 is 1.21 bits per heavy atom. The summed E-state index contributed by atoms with van der Waals surface area (Å²) >= 11 is 1.23. The third kappa shape index (κ3) is 3.51. The van der Waals surface area contributed by atoms with Gasteiger partial charge in [0.25, 0.3) is 5.69 Å². The number of aromatic nitrogens is 2. The number of H-pyrrole nitrogens is 1. The number of rotatable bonds is 4. The Balaban J connectivity index is 1.77. The van der Waals surface area contributed by atoms with Crippen LogP contribution in [0.2, 0.25) is 0 Å². The van der Waals surface area contributed by atoms with E-state index in [0.717, 1.165) is 12.1 Å². The lowest BCUT2D eigenvalue weighted by Gasteiger charge is -2.07. The van der Waals surface area contributed by atoms with Crippen molar-refractivity contribution < 1.29 is 18.1 Å². The number of hydrogen-bond acceptors (Lipinski definition) is 4. The molecular weight excluding hydrogens is 343 g/mol. The summed E-state index contributed by atoms with van der Waals surface area (Å²) in [5.41, 5.74) is 0.838. The third-order valence-electron chi connectivity index (χ3n) is 3.28. The number of nitrogens with zero attached hydrogens (tertiary/aromatic N) is 2. The predicted octanol–water partition coefficient (Wildman–Crippen LogP) is 4.78. The molecule has 0 spiro atoms. The molecule has 0 atom stereocenters. The fourth-order valence-corrected chi connectivity index (χ4v) is 2.97. The normalized spacial score (nSPS) is 11.8. The number of alkyl halides is 3. The van der Waals surface area contributed by atoms with E-state index in [1.807, 2.05) is 0 Å². The van der Waals surface area contributed by atoms with Gasteiger partial charge < -0.3 is 4.98 Å². The molecule has 1 aromatic heterocycles. The highest BCUT2D eigenvalue weighted by atomic mass is 32.2. The Morgan fingerprint density at radius 2 is 2.00 bits per heavy atom. The SMILES string of the molecule is O=[N+]([O-])c1ccc2nc(SCc3cccc(C(F)(F)F)c3)[nH]c2c1. The zero-order chi connectivity index (χ0) is 17.3. The van der Waals surface area contributed by atoms with Crippen LogP contribution in [-0.2, 0) is 11.9 Å². The lowest BCUT2D eigenvalue weighted by Crippen LogP contribution is -2.04. The highest BCUT2D eigenvalue weighted by Crippen LogP contribution is 2.31. The quantitative estimate of drug-likeness (QED) is 0.416. The number of nitro groups is 1. The Hall–Kier alpha value is -2.55. The number of imidazole rings is 1. The molecule has 0 amide bonds. The lowest BCUT2D eigenvalue weighted by molar-refractivity contribution is -0.384. The second kappa shape index (κ2) is 6.16. The van der Waals surface area contributed by atoms with Crippen molar-refractivity contribution in [2.45, 2.75) is 17.1 Å². The molecule has 124 valence electrons. The molecule has 0 aliphatic heterocycles. The van der Waals surface area contributed by atoms with E-state index in [2.05, 4.69) is 9.97 Å². The first kappa shape index (κ1) is 16.3. The number of benzene rings is 2. The zero-order valence-electron chi connectivity index (χ0n) is 12.0. The van der Waals surface area contributed by atoms with Gasteiger partial charge in [0.05, 0.1) is 21.5 Å². The van der Waals surface area contributed by atoms with Gasteiger partial charge in [0.15, 0.2) is 5.16 Å². The van der Waals surface area contributed by atoms with Crippen LogP contribution in [0.25, 0.3) is 11.0 Å². The Kier molecular flexibility index (Phi) is 4.18. The highest BCUT2D eigenvalue weighted by Gasteiger charge is 2.30. The van der Waals surface area contributed by atoms with Gasteiger partial charge in [-0.2, -0.15) is 13.2 Å². The number of fused-ring (bicyclic) bond motifs is 1. The Labute approximate surface area is 138 Å². The van der Waals surface area contributed by atoms with E-state index in [0.29, 0.717) is 27.5 Å². The summed E-state index contributed by atoms with van der Waals surface area (Å²) in [4.78, 5) is 17.4. The molecule has 0 bridgehead atoms. The van der Waals surface area contributed by atoms with Crippen LogP contribution in [-0.4, -0.2) is 14.9 Å². The summed E-state index contributed by atoms with van der Waals surface area (Å²) in [7, 11) is 0. The van der Waals surface area contributed by atoms with Crippen molar-refractivity contribution in [3.63, 3.8) is 0 Å². The van der Waals surface area contributed by atoms with E-state index in [4.69, 9.17) is 0 Å². The molecule has 0 fully saturated rings. The molecular formula is C15H10F3N3O2S. The first-order valence-corrected chi connectivity index (χ1v) is 7.74. The van der Waals surface area contributed by atoms with Gasteiger partial charge in [0, 0.05) is 17.9 Å². The fraction of sp³-hybridized carbons (Fsp3) is 0.133. The molecule has 1 N–H and O–H groups in total. The second-order valence-electron chi connectivity index (χ2n) is 4.99. The maximum atomic E-state index is 12.7. The molecule has 3 rings (SSSR count). The van der Waals surface area contributed by atoms with Gasteiger partial charge in [-0.05, 0) is 17.7 Å². The van der Waals surface area contributed by atoms with Crippen molar-refractivity contribution in [1.29, 1.82) is 0 Å². The van der Waals surface area contributed by atoms with Gasteiger partial charge >= 0.3 is 6.18 Å². The van der Waals surface area contributed by atoms with Crippen LogP contribution in [0, 0.1) is 10.1 Å². The molecule has 0 unspecified atom stereocenters. The number of non-ortho nitro benzene ring substituents is 1. The maximum Gasteiger partial charge on any atom is 0.416 e. The predicted molar refractivity (Wildman–Crippen MR) is 83.8 cm³/mol. The number of thioether (sulfide) groups is 1. The van der Waals surface area contributed by atoms with Crippen molar-refractivity contribution in [2.75, 3.05) is 0 Å².